The van der Waals surface area contributed by atoms with Crippen LogP contribution in [0.4, 0.5) is 13.2 Å². The summed E-state index contributed by atoms with van der Waals surface area (Å²) in [5.74, 6) is 0.722. The van der Waals surface area contributed by atoms with E-state index in [-0.39, 0.29) is 11.7 Å². The first-order chi connectivity index (χ1) is 8.84. The molecule has 0 aromatic carbocycles. The Morgan fingerprint density at radius 1 is 1.47 bits per heavy atom. The monoisotopic (exact) mass is 299 g/mol. The van der Waals surface area contributed by atoms with Crippen LogP contribution in [0.3, 0.4) is 0 Å². The Kier molecular flexibility index (Phi) is 6.09. The standard InChI is InChI=1S/C11H17ClF3N3O/c1-2-3-4-9-17-7(10(12)18-9)5-16-6-8(19)11(13,14)15/h8,16,19H,2-6H2,1H3,(H,17,18). The van der Waals surface area contributed by atoms with Crippen LogP contribution >= 0.6 is 11.6 Å². The first-order valence-electron chi connectivity index (χ1n) is 6.03. The average Bonchev–Trinajstić information content (AvgIpc) is 2.66. The number of unbranched alkanes of at least 4 members (excludes halogenated alkanes) is 1. The number of aromatic amines is 1. The molecule has 0 saturated carbocycles. The minimum absolute atomic E-state index is 0.102. The highest BCUT2D eigenvalue weighted by molar-refractivity contribution is 6.30. The molecular formula is C11H17ClF3N3O. The maximum absolute atomic E-state index is 12.1. The number of hydrogen-bond acceptors (Lipinski definition) is 3. The summed E-state index contributed by atoms with van der Waals surface area (Å²) in [6.07, 6.45) is -4.26. The summed E-state index contributed by atoms with van der Waals surface area (Å²) in [5, 5.41) is 11.6. The van der Waals surface area contributed by atoms with E-state index in [9.17, 15) is 13.2 Å². The number of aryl methyl sites for hydroxylation is 1. The molecule has 3 N–H and O–H groups in total. The van der Waals surface area contributed by atoms with Crippen molar-refractivity contribution in [1.29, 1.82) is 0 Å². The third-order valence-electron chi connectivity index (χ3n) is 2.56. The van der Waals surface area contributed by atoms with Crippen LogP contribution < -0.4 is 5.32 Å². The van der Waals surface area contributed by atoms with Gasteiger partial charge in [0.2, 0.25) is 0 Å². The van der Waals surface area contributed by atoms with Crippen molar-refractivity contribution in [2.24, 2.45) is 0 Å². The molecule has 1 unspecified atom stereocenters. The smallest absolute Gasteiger partial charge is 0.382 e. The van der Waals surface area contributed by atoms with E-state index < -0.39 is 18.8 Å². The molecule has 0 radical (unpaired) electrons. The minimum Gasteiger partial charge on any atom is -0.382 e. The predicted molar refractivity (Wildman–Crippen MR) is 66.0 cm³/mol. The number of aliphatic hydroxyl groups is 1. The highest BCUT2D eigenvalue weighted by Gasteiger charge is 2.37. The molecule has 110 valence electrons. The average molecular weight is 300 g/mol. The van der Waals surface area contributed by atoms with Gasteiger partial charge in [-0.05, 0) is 6.42 Å². The van der Waals surface area contributed by atoms with Gasteiger partial charge in [0.05, 0.1) is 5.69 Å². The first-order valence-corrected chi connectivity index (χ1v) is 6.41. The van der Waals surface area contributed by atoms with Crippen molar-refractivity contribution in [1.82, 2.24) is 15.3 Å². The highest BCUT2D eigenvalue weighted by Crippen LogP contribution is 2.19. The largest absolute Gasteiger partial charge is 0.415 e. The lowest BCUT2D eigenvalue weighted by Crippen LogP contribution is -2.38. The molecule has 0 aliphatic rings. The minimum atomic E-state index is -4.61. The van der Waals surface area contributed by atoms with Crippen molar-refractivity contribution in [3.63, 3.8) is 0 Å². The van der Waals surface area contributed by atoms with Gasteiger partial charge in [-0.15, -0.1) is 0 Å². The van der Waals surface area contributed by atoms with E-state index >= 15 is 0 Å². The Labute approximate surface area is 114 Å². The Morgan fingerprint density at radius 2 is 2.16 bits per heavy atom. The topological polar surface area (TPSA) is 60.9 Å². The fraction of sp³-hybridized carbons (Fsp3) is 0.727. The molecule has 19 heavy (non-hydrogen) atoms. The summed E-state index contributed by atoms with van der Waals surface area (Å²) in [6, 6.07) is 0. The van der Waals surface area contributed by atoms with Gasteiger partial charge in [0.1, 0.15) is 5.82 Å². The van der Waals surface area contributed by atoms with Crippen molar-refractivity contribution in [3.05, 3.63) is 16.7 Å². The van der Waals surface area contributed by atoms with E-state index in [4.69, 9.17) is 16.7 Å². The van der Waals surface area contributed by atoms with Gasteiger partial charge in [0.25, 0.3) is 0 Å². The zero-order chi connectivity index (χ0) is 14.5. The van der Waals surface area contributed by atoms with Gasteiger partial charge in [-0.3, -0.25) is 0 Å². The molecular weight excluding hydrogens is 283 g/mol. The van der Waals surface area contributed by atoms with Crippen LogP contribution in [-0.4, -0.2) is 33.9 Å². The summed E-state index contributed by atoms with van der Waals surface area (Å²) in [5.41, 5.74) is 0.530. The van der Waals surface area contributed by atoms with Crippen molar-refractivity contribution >= 4 is 11.6 Å². The lowest BCUT2D eigenvalue weighted by molar-refractivity contribution is -0.201. The Bertz CT molecular complexity index is 395. The van der Waals surface area contributed by atoms with Crippen LogP contribution in [0.5, 0.6) is 0 Å². The molecule has 1 heterocycles. The number of nitrogens with one attached hydrogen (secondary N) is 2. The van der Waals surface area contributed by atoms with E-state index in [1.54, 1.807) is 0 Å². The molecule has 0 aliphatic carbocycles. The van der Waals surface area contributed by atoms with Crippen LogP contribution in [0.2, 0.25) is 5.15 Å². The molecule has 1 aromatic rings. The zero-order valence-corrected chi connectivity index (χ0v) is 11.3. The van der Waals surface area contributed by atoms with Gasteiger partial charge >= 0.3 is 6.18 Å². The fourth-order valence-electron chi connectivity index (χ4n) is 1.47. The third kappa shape index (κ3) is 5.38. The molecule has 1 atom stereocenters. The van der Waals surface area contributed by atoms with Crippen LogP contribution in [0, 0.1) is 0 Å². The lowest BCUT2D eigenvalue weighted by atomic mass is 10.2. The highest BCUT2D eigenvalue weighted by atomic mass is 35.5. The molecule has 0 saturated heterocycles. The summed E-state index contributed by atoms with van der Waals surface area (Å²) in [4.78, 5) is 7.04. The number of imidazole rings is 1. The zero-order valence-electron chi connectivity index (χ0n) is 10.5. The van der Waals surface area contributed by atoms with Crippen molar-refractivity contribution in [2.45, 2.75) is 45.0 Å². The molecule has 4 nitrogen and oxygen atoms in total. The third-order valence-corrected chi connectivity index (χ3v) is 2.87. The normalized spacial score (nSPS) is 13.8. The van der Waals surface area contributed by atoms with Gasteiger partial charge in [-0.1, -0.05) is 24.9 Å². The van der Waals surface area contributed by atoms with Gasteiger partial charge < -0.3 is 15.4 Å². The maximum atomic E-state index is 12.1. The van der Waals surface area contributed by atoms with Crippen LogP contribution in [0.15, 0.2) is 0 Å². The van der Waals surface area contributed by atoms with E-state index in [0.29, 0.717) is 5.69 Å². The van der Waals surface area contributed by atoms with Crippen LogP contribution in [0.25, 0.3) is 0 Å². The molecule has 0 fully saturated rings. The van der Waals surface area contributed by atoms with E-state index in [1.807, 2.05) is 6.92 Å². The number of alkyl halides is 3. The quantitative estimate of drug-likeness (QED) is 0.724. The van der Waals surface area contributed by atoms with Crippen molar-refractivity contribution in [3.8, 4) is 0 Å². The second kappa shape index (κ2) is 7.12. The lowest BCUT2D eigenvalue weighted by Gasteiger charge is -2.14. The first kappa shape index (κ1) is 16.3. The SMILES string of the molecule is CCCCc1nc(Cl)c(CNCC(O)C(F)(F)F)[nH]1. The summed E-state index contributed by atoms with van der Waals surface area (Å²) < 4.78 is 36.2. The summed E-state index contributed by atoms with van der Waals surface area (Å²) in [7, 11) is 0. The maximum Gasteiger partial charge on any atom is 0.415 e. The molecule has 1 aromatic heterocycles. The van der Waals surface area contributed by atoms with Crippen molar-refractivity contribution in [2.75, 3.05) is 6.54 Å². The fourth-order valence-corrected chi connectivity index (χ4v) is 1.69. The molecule has 0 amide bonds. The van der Waals surface area contributed by atoms with Crippen LogP contribution in [0.1, 0.15) is 31.3 Å². The number of rotatable bonds is 7. The number of hydrogen-bond donors (Lipinski definition) is 3. The summed E-state index contributed by atoms with van der Waals surface area (Å²) >= 11 is 5.86. The number of nitrogens with zero attached hydrogens (tertiary/aromatic N) is 1. The predicted octanol–water partition coefficient (Wildman–Crippen LogP) is 2.42. The summed E-state index contributed by atoms with van der Waals surface area (Å²) in [6.45, 7) is 1.57. The molecule has 0 bridgehead atoms. The van der Waals surface area contributed by atoms with Gasteiger partial charge in [-0.25, -0.2) is 4.98 Å². The Balaban J connectivity index is 2.43. The second-order valence-corrected chi connectivity index (χ2v) is 4.60. The van der Waals surface area contributed by atoms with E-state index in [0.717, 1.165) is 25.1 Å². The Morgan fingerprint density at radius 3 is 2.74 bits per heavy atom. The van der Waals surface area contributed by atoms with Gasteiger partial charge in [0, 0.05) is 19.5 Å². The molecule has 0 spiro atoms. The van der Waals surface area contributed by atoms with Crippen molar-refractivity contribution < 1.29 is 18.3 Å². The number of aliphatic hydroxyl groups excluding tert-OH is 1. The molecule has 1 rings (SSSR count). The number of H-pyrrole nitrogens is 1. The second-order valence-electron chi connectivity index (χ2n) is 4.24. The van der Waals surface area contributed by atoms with E-state index in [1.165, 1.54) is 0 Å². The molecule has 0 aliphatic heterocycles. The van der Waals surface area contributed by atoms with E-state index in [2.05, 4.69) is 15.3 Å². The van der Waals surface area contributed by atoms with Crippen LogP contribution in [-0.2, 0) is 13.0 Å². The molecule has 8 heteroatoms. The number of halogens is 4. The van der Waals surface area contributed by atoms with Gasteiger partial charge in [0.15, 0.2) is 11.3 Å². The number of aromatic nitrogens is 2. The Hall–Kier alpha value is -0.790. The van der Waals surface area contributed by atoms with Gasteiger partial charge in [-0.2, -0.15) is 13.2 Å².